The van der Waals surface area contributed by atoms with Gasteiger partial charge in [0.2, 0.25) is 5.69 Å². The Morgan fingerprint density at radius 3 is 2.72 bits per heavy atom. The van der Waals surface area contributed by atoms with Gasteiger partial charge in [0.15, 0.2) is 0 Å². The van der Waals surface area contributed by atoms with Gasteiger partial charge in [-0.2, -0.15) is 4.98 Å². The normalized spacial score (nSPS) is 10.8. The van der Waals surface area contributed by atoms with Crippen LogP contribution in [0.5, 0.6) is 0 Å². The lowest BCUT2D eigenvalue weighted by Crippen LogP contribution is -2.25. The minimum atomic E-state index is -0.703. The van der Waals surface area contributed by atoms with Crippen molar-refractivity contribution >= 4 is 23.1 Å². The van der Waals surface area contributed by atoms with E-state index >= 15 is 0 Å². The fraction of sp³-hybridized carbons (Fsp3) is 0.222. The zero-order valence-corrected chi connectivity index (χ0v) is 14.0. The van der Waals surface area contributed by atoms with E-state index in [1.54, 1.807) is 19.9 Å². The Hall–Kier alpha value is -3.22. The van der Waals surface area contributed by atoms with Gasteiger partial charge in [-0.15, -0.1) is 0 Å². The number of nitrogens with zero attached hydrogens (tertiary/aromatic N) is 3. The number of aryl methyl sites for hydroxylation is 1. The smallest absolute Gasteiger partial charge is 0.361 e. The molecule has 25 heavy (non-hydrogen) atoms. The molecule has 3 rings (SSSR count). The molecular weight excluding hydrogens is 322 g/mol. The molecule has 0 radical (unpaired) electrons. The lowest BCUT2D eigenvalue weighted by molar-refractivity contribution is 0.0516. The average Bonchev–Trinajstić information content (AvgIpc) is 3.03. The van der Waals surface area contributed by atoms with Crippen LogP contribution in [0.1, 0.15) is 34.4 Å². The predicted molar refractivity (Wildman–Crippen MR) is 92.4 cm³/mol. The first kappa shape index (κ1) is 16.6. The summed E-state index contributed by atoms with van der Waals surface area (Å²) in [5, 5.41) is 3.68. The Morgan fingerprint density at radius 2 is 2.08 bits per heavy atom. The summed E-state index contributed by atoms with van der Waals surface area (Å²) in [6, 6.07) is 7.65. The molecule has 0 spiro atoms. The van der Waals surface area contributed by atoms with Crippen LogP contribution in [-0.2, 0) is 11.3 Å². The van der Waals surface area contributed by atoms with Gasteiger partial charge in [-0.1, -0.05) is 42.1 Å². The average molecular weight is 339 g/mol. The highest BCUT2D eigenvalue weighted by Crippen LogP contribution is 2.15. The molecule has 0 aliphatic rings. The molecule has 0 N–H and O–H groups in total. The summed E-state index contributed by atoms with van der Waals surface area (Å²) >= 11 is 0. The van der Waals surface area contributed by atoms with Gasteiger partial charge in [0.25, 0.3) is 11.3 Å². The molecule has 0 unspecified atom stereocenters. The number of benzene rings is 1. The van der Waals surface area contributed by atoms with E-state index in [2.05, 4.69) is 16.7 Å². The Morgan fingerprint density at radius 1 is 1.36 bits per heavy atom. The first-order valence-electron chi connectivity index (χ1n) is 7.80. The second kappa shape index (κ2) is 6.72. The molecule has 0 fully saturated rings. The standard InChI is InChI=1S/C18H17N3O4/c1-4-12-6-8-13(9-7-12)10-21-11(3)19-16-14(17(21)22)15(20-25-16)18(23)24-5-2/h4,6-9H,1,5,10H2,2-3H3. The van der Waals surface area contributed by atoms with E-state index in [9.17, 15) is 9.59 Å². The number of ether oxygens (including phenoxy) is 1. The summed E-state index contributed by atoms with van der Waals surface area (Å²) in [6.45, 7) is 7.59. The Balaban J connectivity index is 2.08. The number of aromatic nitrogens is 3. The Bertz CT molecular complexity index is 1000. The summed E-state index contributed by atoms with van der Waals surface area (Å²) in [6.07, 6.45) is 1.75. The second-order valence-corrected chi connectivity index (χ2v) is 5.43. The molecule has 2 aromatic heterocycles. The van der Waals surface area contributed by atoms with E-state index in [0.29, 0.717) is 12.4 Å². The molecule has 7 heteroatoms. The highest BCUT2D eigenvalue weighted by molar-refractivity contribution is 5.99. The fourth-order valence-corrected chi connectivity index (χ4v) is 2.51. The Kier molecular flexibility index (Phi) is 4.47. The van der Waals surface area contributed by atoms with Crippen molar-refractivity contribution < 1.29 is 14.1 Å². The van der Waals surface area contributed by atoms with Gasteiger partial charge < -0.3 is 9.26 Å². The molecule has 7 nitrogen and oxygen atoms in total. The van der Waals surface area contributed by atoms with Gasteiger partial charge in [-0.05, 0) is 25.0 Å². The molecule has 128 valence electrons. The van der Waals surface area contributed by atoms with Crippen molar-refractivity contribution in [3.8, 4) is 0 Å². The van der Waals surface area contributed by atoms with Gasteiger partial charge in [0.05, 0.1) is 13.2 Å². The second-order valence-electron chi connectivity index (χ2n) is 5.43. The van der Waals surface area contributed by atoms with Gasteiger partial charge in [0.1, 0.15) is 11.2 Å². The molecule has 1 aromatic carbocycles. The lowest BCUT2D eigenvalue weighted by Gasteiger charge is -2.09. The molecule has 0 saturated heterocycles. The molecule has 0 aliphatic heterocycles. The number of carbonyl (C=O) groups is 1. The van der Waals surface area contributed by atoms with Crippen LogP contribution in [0.15, 0.2) is 40.2 Å². The van der Waals surface area contributed by atoms with Crippen LogP contribution < -0.4 is 5.56 Å². The maximum absolute atomic E-state index is 12.9. The topological polar surface area (TPSA) is 87.2 Å². The quantitative estimate of drug-likeness (QED) is 0.664. The van der Waals surface area contributed by atoms with E-state index in [1.807, 2.05) is 24.3 Å². The third-order valence-electron chi connectivity index (χ3n) is 3.81. The van der Waals surface area contributed by atoms with Crippen LogP contribution in [0.25, 0.3) is 17.2 Å². The van der Waals surface area contributed by atoms with Crippen molar-refractivity contribution in [1.29, 1.82) is 0 Å². The van der Waals surface area contributed by atoms with Gasteiger partial charge in [-0.25, -0.2) is 4.79 Å². The summed E-state index contributed by atoms with van der Waals surface area (Å²) in [4.78, 5) is 29.1. The maximum atomic E-state index is 12.9. The highest BCUT2D eigenvalue weighted by atomic mass is 16.5. The first-order valence-corrected chi connectivity index (χ1v) is 7.80. The molecule has 2 heterocycles. The van der Waals surface area contributed by atoms with Crippen molar-refractivity contribution in [1.82, 2.24) is 14.7 Å². The number of esters is 1. The van der Waals surface area contributed by atoms with E-state index in [-0.39, 0.29) is 29.0 Å². The summed E-state index contributed by atoms with van der Waals surface area (Å²) in [5.74, 6) is -0.234. The largest absolute Gasteiger partial charge is 0.461 e. The summed E-state index contributed by atoms with van der Waals surface area (Å²) < 4.78 is 11.4. The monoisotopic (exact) mass is 339 g/mol. The van der Waals surface area contributed by atoms with Gasteiger partial charge in [-0.3, -0.25) is 9.36 Å². The van der Waals surface area contributed by atoms with E-state index in [1.165, 1.54) is 4.57 Å². The van der Waals surface area contributed by atoms with Gasteiger partial charge >= 0.3 is 5.97 Å². The lowest BCUT2D eigenvalue weighted by atomic mass is 10.1. The van der Waals surface area contributed by atoms with E-state index in [0.717, 1.165) is 11.1 Å². The molecular formula is C18H17N3O4. The van der Waals surface area contributed by atoms with Crippen molar-refractivity contribution in [3.63, 3.8) is 0 Å². The third-order valence-corrected chi connectivity index (χ3v) is 3.81. The zero-order valence-electron chi connectivity index (χ0n) is 14.0. The number of rotatable bonds is 5. The number of carbonyl (C=O) groups excluding carboxylic acids is 1. The Labute approximate surface area is 143 Å². The van der Waals surface area contributed by atoms with E-state index in [4.69, 9.17) is 9.26 Å². The maximum Gasteiger partial charge on any atom is 0.361 e. The minimum Gasteiger partial charge on any atom is -0.461 e. The molecule has 0 bridgehead atoms. The zero-order chi connectivity index (χ0) is 18.0. The van der Waals surface area contributed by atoms with Crippen LogP contribution in [-0.4, -0.2) is 27.3 Å². The minimum absolute atomic E-state index is 0.0313. The van der Waals surface area contributed by atoms with Crippen molar-refractivity contribution in [3.05, 3.63) is 63.8 Å². The van der Waals surface area contributed by atoms with Crippen molar-refractivity contribution in [2.45, 2.75) is 20.4 Å². The molecule has 0 saturated carbocycles. The van der Waals surface area contributed by atoms with Crippen LogP contribution >= 0.6 is 0 Å². The SMILES string of the molecule is C=Cc1ccc(Cn2c(C)nc3onc(C(=O)OCC)c3c2=O)cc1. The van der Waals surface area contributed by atoms with Crippen molar-refractivity contribution in [2.24, 2.45) is 0 Å². The van der Waals surface area contributed by atoms with Crippen LogP contribution in [0.2, 0.25) is 0 Å². The molecule has 0 atom stereocenters. The van der Waals surface area contributed by atoms with Crippen LogP contribution in [0.3, 0.4) is 0 Å². The van der Waals surface area contributed by atoms with Crippen LogP contribution in [0.4, 0.5) is 0 Å². The number of hydrogen-bond acceptors (Lipinski definition) is 6. The number of hydrogen-bond donors (Lipinski definition) is 0. The van der Waals surface area contributed by atoms with E-state index < -0.39 is 5.97 Å². The third kappa shape index (κ3) is 3.08. The highest BCUT2D eigenvalue weighted by Gasteiger charge is 2.23. The fourth-order valence-electron chi connectivity index (χ4n) is 2.51. The molecule has 0 amide bonds. The summed E-state index contributed by atoms with van der Waals surface area (Å²) in [7, 11) is 0. The molecule has 3 aromatic rings. The predicted octanol–water partition coefficient (Wildman–Crippen LogP) is 2.56. The number of fused-ring (bicyclic) bond motifs is 1. The molecule has 0 aliphatic carbocycles. The van der Waals surface area contributed by atoms with Crippen LogP contribution in [0, 0.1) is 6.92 Å². The summed E-state index contributed by atoms with van der Waals surface area (Å²) in [5.41, 5.74) is 1.41. The van der Waals surface area contributed by atoms with Gasteiger partial charge in [0, 0.05) is 0 Å². The van der Waals surface area contributed by atoms with Crippen molar-refractivity contribution in [2.75, 3.05) is 6.61 Å². The first-order chi connectivity index (χ1) is 12.0.